The van der Waals surface area contributed by atoms with Crippen molar-refractivity contribution in [3.63, 3.8) is 0 Å². The Kier molecular flexibility index (Phi) is 7.09. The van der Waals surface area contributed by atoms with Crippen LogP contribution in [0.2, 0.25) is 0 Å². The SMILES string of the molecule is CCC(CN)(COC)NCC(C)OC. The van der Waals surface area contributed by atoms with E-state index in [9.17, 15) is 0 Å². The molecule has 4 heteroatoms. The Hall–Kier alpha value is -0.160. The molecular formula is C10H24N2O2. The molecule has 2 unspecified atom stereocenters. The number of hydrogen-bond donors (Lipinski definition) is 2. The first kappa shape index (κ1) is 13.8. The lowest BCUT2D eigenvalue weighted by atomic mass is 9.97. The molecule has 0 radical (unpaired) electrons. The lowest BCUT2D eigenvalue weighted by molar-refractivity contribution is 0.0772. The largest absolute Gasteiger partial charge is 0.383 e. The molecule has 0 bridgehead atoms. The summed E-state index contributed by atoms with van der Waals surface area (Å²) in [5.74, 6) is 0. The molecule has 0 aromatic rings. The van der Waals surface area contributed by atoms with Gasteiger partial charge in [0.15, 0.2) is 0 Å². The average molecular weight is 204 g/mol. The maximum atomic E-state index is 5.75. The fourth-order valence-electron chi connectivity index (χ4n) is 1.27. The maximum Gasteiger partial charge on any atom is 0.0667 e. The van der Waals surface area contributed by atoms with Crippen molar-refractivity contribution in [1.29, 1.82) is 0 Å². The second kappa shape index (κ2) is 7.17. The molecule has 4 nitrogen and oxygen atoms in total. The summed E-state index contributed by atoms with van der Waals surface area (Å²) in [7, 11) is 3.40. The minimum atomic E-state index is -0.110. The van der Waals surface area contributed by atoms with Gasteiger partial charge in [0.1, 0.15) is 0 Å². The minimum Gasteiger partial charge on any atom is -0.383 e. The van der Waals surface area contributed by atoms with Crippen molar-refractivity contribution in [1.82, 2.24) is 5.32 Å². The van der Waals surface area contributed by atoms with Crippen LogP contribution in [0.15, 0.2) is 0 Å². The van der Waals surface area contributed by atoms with E-state index in [1.165, 1.54) is 0 Å². The molecule has 0 aromatic carbocycles. The number of nitrogens with two attached hydrogens (primary N) is 1. The third-order valence-corrected chi connectivity index (χ3v) is 2.66. The number of hydrogen-bond acceptors (Lipinski definition) is 4. The normalized spacial score (nSPS) is 17.8. The van der Waals surface area contributed by atoms with Crippen LogP contribution in [-0.4, -0.2) is 45.6 Å². The van der Waals surface area contributed by atoms with Crippen LogP contribution in [0.5, 0.6) is 0 Å². The molecule has 0 saturated heterocycles. The van der Waals surface area contributed by atoms with Gasteiger partial charge < -0.3 is 20.5 Å². The van der Waals surface area contributed by atoms with E-state index in [2.05, 4.69) is 12.2 Å². The molecule has 0 amide bonds. The highest BCUT2D eigenvalue weighted by molar-refractivity contribution is 4.88. The van der Waals surface area contributed by atoms with Crippen molar-refractivity contribution in [2.24, 2.45) is 5.73 Å². The van der Waals surface area contributed by atoms with E-state index in [0.717, 1.165) is 13.0 Å². The van der Waals surface area contributed by atoms with Gasteiger partial charge in [0.2, 0.25) is 0 Å². The summed E-state index contributed by atoms with van der Waals surface area (Å²) in [6, 6.07) is 0. The standard InChI is InChI=1S/C10H24N2O2/c1-5-10(7-11,8-13-3)12-6-9(2)14-4/h9,12H,5-8,11H2,1-4H3. The van der Waals surface area contributed by atoms with Crippen molar-refractivity contribution >= 4 is 0 Å². The van der Waals surface area contributed by atoms with Crippen LogP contribution in [0.3, 0.4) is 0 Å². The summed E-state index contributed by atoms with van der Waals surface area (Å²) in [5, 5.41) is 3.41. The second-order valence-electron chi connectivity index (χ2n) is 3.70. The molecule has 0 aromatic heterocycles. The highest BCUT2D eigenvalue weighted by Crippen LogP contribution is 2.09. The van der Waals surface area contributed by atoms with Gasteiger partial charge in [-0.05, 0) is 13.3 Å². The Bertz CT molecular complexity index is 138. The molecule has 0 aliphatic heterocycles. The molecule has 0 aliphatic rings. The molecule has 0 heterocycles. The zero-order valence-corrected chi connectivity index (χ0v) is 9.80. The highest BCUT2D eigenvalue weighted by atomic mass is 16.5. The Balaban J connectivity index is 4.06. The molecule has 0 fully saturated rings. The van der Waals surface area contributed by atoms with Gasteiger partial charge in [0.25, 0.3) is 0 Å². The summed E-state index contributed by atoms with van der Waals surface area (Å²) < 4.78 is 10.3. The predicted octanol–water partition coefficient (Wildman–Crippen LogP) is 0.365. The highest BCUT2D eigenvalue weighted by Gasteiger charge is 2.26. The van der Waals surface area contributed by atoms with Crippen LogP contribution < -0.4 is 11.1 Å². The van der Waals surface area contributed by atoms with Crippen LogP contribution in [0.1, 0.15) is 20.3 Å². The van der Waals surface area contributed by atoms with Gasteiger partial charge in [-0.25, -0.2) is 0 Å². The Morgan fingerprint density at radius 3 is 2.43 bits per heavy atom. The molecular weight excluding hydrogens is 180 g/mol. The van der Waals surface area contributed by atoms with Gasteiger partial charge in [-0.1, -0.05) is 6.92 Å². The number of ether oxygens (including phenoxy) is 2. The van der Waals surface area contributed by atoms with Crippen molar-refractivity contribution in [3.05, 3.63) is 0 Å². The van der Waals surface area contributed by atoms with Crippen LogP contribution in [-0.2, 0) is 9.47 Å². The first-order valence-corrected chi connectivity index (χ1v) is 5.11. The summed E-state index contributed by atoms with van der Waals surface area (Å²) in [4.78, 5) is 0. The van der Waals surface area contributed by atoms with Gasteiger partial charge in [0.05, 0.1) is 18.2 Å². The lowest BCUT2D eigenvalue weighted by Crippen LogP contribution is -2.55. The minimum absolute atomic E-state index is 0.110. The molecule has 0 rings (SSSR count). The second-order valence-corrected chi connectivity index (χ2v) is 3.70. The summed E-state index contributed by atoms with van der Waals surface area (Å²) in [5.41, 5.74) is 5.64. The molecule has 0 spiro atoms. The van der Waals surface area contributed by atoms with Gasteiger partial charge in [-0.15, -0.1) is 0 Å². The smallest absolute Gasteiger partial charge is 0.0667 e. The van der Waals surface area contributed by atoms with E-state index in [-0.39, 0.29) is 11.6 Å². The van der Waals surface area contributed by atoms with Crippen LogP contribution in [0, 0.1) is 0 Å². The van der Waals surface area contributed by atoms with Crippen molar-refractivity contribution in [2.45, 2.75) is 31.9 Å². The number of rotatable bonds is 8. The number of methoxy groups -OCH3 is 2. The van der Waals surface area contributed by atoms with Crippen molar-refractivity contribution in [2.75, 3.05) is 33.9 Å². The van der Waals surface area contributed by atoms with Crippen LogP contribution >= 0.6 is 0 Å². The zero-order valence-electron chi connectivity index (χ0n) is 9.80. The average Bonchev–Trinajstić information content (AvgIpc) is 2.24. The van der Waals surface area contributed by atoms with Crippen molar-refractivity contribution < 1.29 is 9.47 Å². The van der Waals surface area contributed by atoms with E-state index in [1.807, 2.05) is 6.92 Å². The zero-order chi connectivity index (χ0) is 11.0. The molecule has 0 aliphatic carbocycles. The van der Waals surface area contributed by atoms with Crippen LogP contribution in [0.4, 0.5) is 0 Å². The van der Waals surface area contributed by atoms with E-state index in [4.69, 9.17) is 15.2 Å². The van der Waals surface area contributed by atoms with Gasteiger partial charge >= 0.3 is 0 Å². The summed E-state index contributed by atoms with van der Waals surface area (Å²) in [6.45, 7) is 6.14. The summed E-state index contributed by atoms with van der Waals surface area (Å²) >= 11 is 0. The van der Waals surface area contributed by atoms with Crippen LogP contribution in [0.25, 0.3) is 0 Å². The quantitative estimate of drug-likeness (QED) is 0.599. The Morgan fingerprint density at radius 1 is 1.43 bits per heavy atom. The first-order valence-electron chi connectivity index (χ1n) is 5.11. The van der Waals surface area contributed by atoms with E-state index in [1.54, 1.807) is 14.2 Å². The van der Waals surface area contributed by atoms with E-state index >= 15 is 0 Å². The Morgan fingerprint density at radius 2 is 2.07 bits per heavy atom. The lowest BCUT2D eigenvalue weighted by Gasteiger charge is -2.33. The molecule has 3 N–H and O–H groups in total. The van der Waals surface area contributed by atoms with E-state index in [0.29, 0.717) is 13.2 Å². The first-order chi connectivity index (χ1) is 6.64. The molecule has 0 saturated carbocycles. The van der Waals surface area contributed by atoms with E-state index < -0.39 is 0 Å². The van der Waals surface area contributed by atoms with Gasteiger partial charge in [-0.3, -0.25) is 0 Å². The monoisotopic (exact) mass is 204 g/mol. The summed E-state index contributed by atoms with van der Waals surface area (Å²) in [6.07, 6.45) is 1.15. The predicted molar refractivity (Wildman–Crippen MR) is 58.4 cm³/mol. The Labute approximate surface area is 87.1 Å². The van der Waals surface area contributed by atoms with Crippen molar-refractivity contribution in [3.8, 4) is 0 Å². The fourth-order valence-corrected chi connectivity index (χ4v) is 1.27. The molecule has 2 atom stereocenters. The van der Waals surface area contributed by atoms with Gasteiger partial charge in [-0.2, -0.15) is 0 Å². The molecule has 86 valence electrons. The number of nitrogens with one attached hydrogen (secondary N) is 1. The topological polar surface area (TPSA) is 56.5 Å². The third-order valence-electron chi connectivity index (χ3n) is 2.66. The fraction of sp³-hybridized carbons (Fsp3) is 1.00. The third kappa shape index (κ3) is 4.37. The molecule has 14 heavy (non-hydrogen) atoms. The maximum absolute atomic E-state index is 5.75. The van der Waals surface area contributed by atoms with Gasteiger partial charge in [0, 0.05) is 27.3 Å².